The molecule has 0 aliphatic carbocycles. The summed E-state index contributed by atoms with van der Waals surface area (Å²) in [6.45, 7) is 0. The lowest BCUT2D eigenvalue weighted by molar-refractivity contribution is 1.20. The molecule has 3 aromatic rings. The van der Waals surface area contributed by atoms with Crippen molar-refractivity contribution in [1.29, 1.82) is 0 Å². The lowest BCUT2D eigenvalue weighted by Crippen LogP contribution is -2.12. The van der Waals surface area contributed by atoms with Gasteiger partial charge in [-0.3, -0.25) is 0 Å². The van der Waals surface area contributed by atoms with Crippen LogP contribution >= 0.6 is 11.6 Å². The molecule has 1 aromatic carbocycles. The Morgan fingerprint density at radius 2 is 2.00 bits per heavy atom. The Labute approximate surface area is 122 Å². The third-order valence-electron chi connectivity index (χ3n) is 3.09. The summed E-state index contributed by atoms with van der Waals surface area (Å²) in [6.07, 6.45) is 4.13. The Hall–Kier alpha value is -2.26. The van der Waals surface area contributed by atoms with Crippen LogP contribution in [0.1, 0.15) is 0 Å². The van der Waals surface area contributed by atoms with Crippen molar-refractivity contribution in [2.24, 2.45) is 10.7 Å². The van der Waals surface area contributed by atoms with Crippen LogP contribution < -0.4 is 5.73 Å². The van der Waals surface area contributed by atoms with Crippen molar-refractivity contribution in [3.63, 3.8) is 0 Å². The Morgan fingerprint density at radius 3 is 2.80 bits per heavy atom. The molecule has 0 aliphatic heterocycles. The van der Waals surface area contributed by atoms with Gasteiger partial charge in [0.15, 0.2) is 0 Å². The van der Waals surface area contributed by atoms with Gasteiger partial charge in [-0.25, -0.2) is 4.99 Å². The van der Waals surface area contributed by atoms with Crippen LogP contribution in [0.5, 0.6) is 0 Å². The van der Waals surface area contributed by atoms with E-state index in [1.165, 1.54) is 0 Å². The summed E-state index contributed by atoms with van der Waals surface area (Å²) in [5.74, 6) is 0.659. The molecule has 2 aromatic heterocycles. The number of rotatable bonds is 3. The van der Waals surface area contributed by atoms with Crippen LogP contribution in [0.25, 0.3) is 16.6 Å². The Balaban J connectivity index is 2.03. The van der Waals surface area contributed by atoms with Crippen LogP contribution in [0.4, 0.5) is 5.69 Å². The predicted molar refractivity (Wildman–Crippen MR) is 84.8 cm³/mol. The molecule has 2 N–H and O–H groups in total. The molecule has 0 spiro atoms. The molecule has 0 unspecified atom stereocenters. The summed E-state index contributed by atoms with van der Waals surface area (Å²) >= 11 is 5.65. The molecule has 20 heavy (non-hydrogen) atoms. The lowest BCUT2D eigenvalue weighted by Gasteiger charge is -2.00. The van der Waals surface area contributed by atoms with Crippen molar-refractivity contribution in [2.45, 2.75) is 0 Å². The zero-order chi connectivity index (χ0) is 13.9. The molecule has 3 nitrogen and oxygen atoms in total. The second-order valence-corrected chi connectivity index (χ2v) is 4.82. The van der Waals surface area contributed by atoms with Crippen LogP contribution in [0.2, 0.25) is 0 Å². The molecule has 0 amide bonds. The van der Waals surface area contributed by atoms with Crippen molar-refractivity contribution in [2.75, 3.05) is 5.88 Å². The largest absolute Gasteiger partial charge is 0.386 e. The van der Waals surface area contributed by atoms with Gasteiger partial charge in [-0.1, -0.05) is 18.2 Å². The van der Waals surface area contributed by atoms with Crippen molar-refractivity contribution >= 4 is 28.6 Å². The van der Waals surface area contributed by atoms with E-state index < -0.39 is 0 Å². The van der Waals surface area contributed by atoms with E-state index >= 15 is 0 Å². The molecule has 0 radical (unpaired) electrons. The Bertz CT molecular complexity index is 741. The van der Waals surface area contributed by atoms with Gasteiger partial charge in [0, 0.05) is 23.5 Å². The van der Waals surface area contributed by atoms with Gasteiger partial charge in [-0.15, -0.1) is 11.6 Å². The summed E-state index contributed by atoms with van der Waals surface area (Å²) in [7, 11) is 0. The quantitative estimate of drug-likeness (QED) is 0.443. The van der Waals surface area contributed by atoms with Gasteiger partial charge in [0.05, 0.1) is 11.6 Å². The molecular formula is C16H14ClN3. The van der Waals surface area contributed by atoms with E-state index in [0.29, 0.717) is 5.84 Å². The van der Waals surface area contributed by atoms with E-state index in [0.717, 1.165) is 22.3 Å². The van der Waals surface area contributed by atoms with Crippen molar-refractivity contribution in [1.82, 2.24) is 4.40 Å². The smallest absolute Gasteiger partial charge is 0.115 e. The van der Waals surface area contributed by atoms with Gasteiger partial charge < -0.3 is 10.1 Å². The van der Waals surface area contributed by atoms with E-state index in [9.17, 15) is 0 Å². The van der Waals surface area contributed by atoms with Crippen molar-refractivity contribution in [3.8, 4) is 11.1 Å². The fourth-order valence-corrected chi connectivity index (χ4v) is 2.22. The second-order valence-electron chi connectivity index (χ2n) is 4.55. The highest BCUT2D eigenvalue weighted by Crippen LogP contribution is 2.26. The zero-order valence-corrected chi connectivity index (χ0v) is 11.6. The van der Waals surface area contributed by atoms with E-state index in [2.05, 4.69) is 33.8 Å². The minimum Gasteiger partial charge on any atom is -0.386 e. The van der Waals surface area contributed by atoms with Gasteiger partial charge in [0.1, 0.15) is 5.84 Å². The first-order chi connectivity index (χ1) is 9.76. The van der Waals surface area contributed by atoms with Crippen LogP contribution in [-0.4, -0.2) is 16.1 Å². The standard InChI is InChI=1S/C16H14ClN3/c17-10-16(18)19-14-5-3-4-12(8-14)13-9-15-6-1-2-7-20(15)11-13/h1-9,11H,10H2,(H2,18,19). The first-order valence-electron chi connectivity index (χ1n) is 6.32. The number of nitrogens with zero attached hydrogens (tertiary/aromatic N) is 2. The molecule has 2 heterocycles. The highest BCUT2D eigenvalue weighted by atomic mass is 35.5. The second kappa shape index (κ2) is 5.39. The number of benzene rings is 1. The number of amidine groups is 1. The lowest BCUT2D eigenvalue weighted by atomic mass is 10.1. The molecule has 4 heteroatoms. The topological polar surface area (TPSA) is 42.8 Å². The third kappa shape index (κ3) is 2.53. The fourth-order valence-electron chi connectivity index (χ4n) is 2.16. The summed E-state index contributed by atoms with van der Waals surface area (Å²) < 4.78 is 2.10. The van der Waals surface area contributed by atoms with Crippen molar-refractivity contribution in [3.05, 3.63) is 60.9 Å². The molecule has 0 bridgehead atoms. The molecule has 3 rings (SSSR count). The molecule has 100 valence electrons. The van der Waals surface area contributed by atoms with E-state index in [1.807, 2.05) is 36.5 Å². The maximum Gasteiger partial charge on any atom is 0.115 e. The van der Waals surface area contributed by atoms with Crippen LogP contribution in [0.15, 0.2) is 65.9 Å². The first-order valence-corrected chi connectivity index (χ1v) is 6.86. The third-order valence-corrected chi connectivity index (χ3v) is 3.37. The van der Waals surface area contributed by atoms with E-state index in [4.69, 9.17) is 17.3 Å². The first kappa shape index (κ1) is 12.8. The minimum atomic E-state index is 0.236. The normalized spacial score (nSPS) is 11.9. The Kier molecular flexibility index (Phi) is 3.44. The predicted octanol–water partition coefficient (Wildman–Crippen LogP) is 3.83. The number of alkyl halides is 1. The summed E-state index contributed by atoms with van der Waals surface area (Å²) in [5.41, 5.74) is 9.91. The summed E-state index contributed by atoms with van der Waals surface area (Å²) in [4.78, 5) is 4.27. The minimum absolute atomic E-state index is 0.236. The zero-order valence-electron chi connectivity index (χ0n) is 10.8. The fraction of sp³-hybridized carbons (Fsp3) is 0.0625. The van der Waals surface area contributed by atoms with Crippen molar-refractivity contribution < 1.29 is 0 Å². The number of hydrogen-bond donors (Lipinski definition) is 1. The number of halogens is 1. The number of fused-ring (bicyclic) bond motifs is 1. The maximum atomic E-state index is 5.67. The van der Waals surface area contributed by atoms with Gasteiger partial charge in [0.2, 0.25) is 0 Å². The van der Waals surface area contributed by atoms with Gasteiger partial charge in [0.25, 0.3) is 0 Å². The molecule has 0 saturated carbocycles. The maximum absolute atomic E-state index is 5.67. The van der Waals surface area contributed by atoms with Gasteiger partial charge >= 0.3 is 0 Å². The number of nitrogens with two attached hydrogens (primary N) is 1. The van der Waals surface area contributed by atoms with Crippen LogP contribution in [0.3, 0.4) is 0 Å². The number of aromatic nitrogens is 1. The van der Waals surface area contributed by atoms with Gasteiger partial charge in [-0.2, -0.15) is 0 Å². The molecule has 0 saturated heterocycles. The van der Waals surface area contributed by atoms with Gasteiger partial charge in [-0.05, 0) is 35.9 Å². The Morgan fingerprint density at radius 1 is 1.10 bits per heavy atom. The molecule has 0 atom stereocenters. The molecular weight excluding hydrogens is 270 g/mol. The van der Waals surface area contributed by atoms with Crippen LogP contribution in [-0.2, 0) is 0 Å². The monoisotopic (exact) mass is 283 g/mol. The molecule has 0 fully saturated rings. The number of aliphatic imine (C=N–C) groups is 1. The molecule has 0 aliphatic rings. The van der Waals surface area contributed by atoms with E-state index in [1.54, 1.807) is 0 Å². The van der Waals surface area contributed by atoms with E-state index in [-0.39, 0.29) is 5.88 Å². The van der Waals surface area contributed by atoms with Crippen LogP contribution in [0, 0.1) is 0 Å². The number of hydrogen-bond acceptors (Lipinski definition) is 1. The average Bonchev–Trinajstić information content (AvgIpc) is 2.91. The highest BCUT2D eigenvalue weighted by Gasteiger charge is 2.03. The average molecular weight is 284 g/mol. The summed E-state index contributed by atoms with van der Waals surface area (Å²) in [5, 5.41) is 0. The SMILES string of the molecule is NC(CCl)=Nc1cccc(-c2cc3ccccn3c2)c1. The number of pyridine rings is 1. The summed E-state index contributed by atoms with van der Waals surface area (Å²) in [6, 6.07) is 16.2. The highest BCUT2D eigenvalue weighted by molar-refractivity contribution is 6.28.